The number of benzene rings is 1. The first-order chi connectivity index (χ1) is 14.6. The second kappa shape index (κ2) is 9.48. The SMILES string of the molecule is NCCNC(=O)C1N(S(=O)(=O)c2ccc(F)c(Cl)c2)CCCN1S(=O)(=O)c1cccs1. The number of nitrogens with one attached hydrogen (secondary N) is 1. The zero-order valence-electron chi connectivity index (χ0n) is 16.1. The number of carbonyl (C=O) groups excluding carboxylic acids is 1. The van der Waals surface area contributed by atoms with Gasteiger partial charge in [0.1, 0.15) is 10.0 Å². The third-order valence-corrected chi connectivity index (χ3v) is 9.90. The summed E-state index contributed by atoms with van der Waals surface area (Å²) < 4.78 is 68.2. The normalized spacial score (nSPS) is 18.7. The Hall–Kier alpha value is -1.61. The van der Waals surface area contributed by atoms with Crippen molar-refractivity contribution in [1.29, 1.82) is 0 Å². The molecule has 0 bridgehead atoms. The number of thiophene rings is 1. The van der Waals surface area contributed by atoms with Gasteiger partial charge in [0, 0.05) is 26.2 Å². The summed E-state index contributed by atoms with van der Waals surface area (Å²) in [5.41, 5.74) is 5.42. The maximum absolute atomic E-state index is 13.5. The summed E-state index contributed by atoms with van der Waals surface area (Å²) in [4.78, 5) is 12.6. The Bertz CT molecular complexity index is 1160. The van der Waals surface area contributed by atoms with Crippen LogP contribution in [0.15, 0.2) is 44.8 Å². The van der Waals surface area contributed by atoms with Gasteiger partial charge in [-0.2, -0.15) is 8.61 Å². The highest BCUT2D eigenvalue weighted by Crippen LogP contribution is 2.31. The standard InChI is InChI=1S/C17H20ClFN4O5S3/c18-13-11-12(4-5-14(13)19)30(25,26)22-8-2-9-23(17(22)16(24)21-7-6-20)31(27,28)15-3-1-10-29-15/h1,3-5,10-11,17H,2,6-9,20H2,(H,21,24). The van der Waals surface area contributed by atoms with Gasteiger partial charge in [-0.1, -0.05) is 17.7 Å². The number of carbonyl (C=O) groups is 1. The molecule has 1 aliphatic rings. The molecule has 0 radical (unpaired) electrons. The zero-order chi connectivity index (χ0) is 22.8. The van der Waals surface area contributed by atoms with Crippen LogP contribution in [0.5, 0.6) is 0 Å². The molecule has 1 fully saturated rings. The Morgan fingerprint density at radius 3 is 2.45 bits per heavy atom. The molecule has 0 spiro atoms. The van der Waals surface area contributed by atoms with Crippen LogP contribution in [0.4, 0.5) is 4.39 Å². The quantitative estimate of drug-likeness (QED) is 0.572. The van der Waals surface area contributed by atoms with Gasteiger partial charge in [-0.15, -0.1) is 11.3 Å². The maximum atomic E-state index is 13.5. The van der Waals surface area contributed by atoms with E-state index in [4.69, 9.17) is 17.3 Å². The van der Waals surface area contributed by atoms with Crippen molar-refractivity contribution >= 4 is 48.9 Å². The zero-order valence-corrected chi connectivity index (χ0v) is 19.3. The average Bonchev–Trinajstić information content (AvgIpc) is 3.29. The summed E-state index contributed by atoms with van der Waals surface area (Å²) in [5.74, 6) is -1.64. The van der Waals surface area contributed by atoms with Gasteiger partial charge in [0.25, 0.3) is 15.9 Å². The van der Waals surface area contributed by atoms with E-state index >= 15 is 0 Å². The van der Waals surface area contributed by atoms with Crippen molar-refractivity contribution in [2.45, 2.75) is 21.7 Å². The fourth-order valence-electron chi connectivity index (χ4n) is 3.12. The van der Waals surface area contributed by atoms with E-state index in [1.807, 2.05) is 0 Å². The summed E-state index contributed by atoms with van der Waals surface area (Å²) in [6.07, 6.45) is -1.53. The molecule has 1 aromatic heterocycles. The van der Waals surface area contributed by atoms with E-state index in [9.17, 15) is 26.0 Å². The van der Waals surface area contributed by atoms with Gasteiger partial charge in [-0.05, 0) is 36.1 Å². The number of nitrogens with two attached hydrogens (primary N) is 1. The smallest absolute Gasteiger partial charge is 0.254 e. The Balaban J connectivity index is 2.09. The summed E-state index contributed by atoms with van der Waals surface area (Å²) in [7, 11) is -8.56. The summed E-state index contributed by atoms with van der Waals surface area (Å²) in [6.45, 7) is -0.0689. The fourth-order valence-corrected chi connectivity index (χ4v) is 7.76. The summed E-state index contributed by atoms with van der Waals surface area (Å²) in [6, 6.07) is 5.75. The molecular formula is C17H20ClFN4O5S3. The number of sulfonamides is 2. The lowest BCUT2D eigenvalue weighted by Gasteiger charge is -2.40. The van der Waals surface area contributed by atoms with Gasteiger partial charge in [0.05, 0.1) is 9.92 Å². The number of halogens is 2. The Labute approximate surface area is 188 Å². The summed E-state index contributed by atoms with van der Waals surface area (Å²) in [5, 5.41) is 3.62. The lowest BCUT2D eigenvalue weighted by atomic mass is 10.3. The van der Waals surface area contributed by atoms with Crippen LogP contribution >= 0.6 is 22.9 Å². The number of rotatable bonds is 7. The molecule has 1 unspecified atom stereocenters. The molecule has 2 heterocycles. The van der Waals surface area contributed by atoms with Crippen molar-refractivity contribution < 1.29 is 26.0 Å². The molecule has 0 saturated carbocycles. The molecule has 1 amide bonds. The minimum absolute atomic E-state index is 0.0202. The number of hydrogen-bond donors (Lipinski definition) is 2. The lowest BCUT2D eigenvalue weighted by molar-refractivity contribution is -0.129. The predicted octanol–water partition coefficient (Wildman–Crippen LogP) is 1.03. The van der Waals surface area contributed by atoms with Crippen LogP contribution in [0.25, 0.3) is 0 Å². The molecule has 1 saturated heterocycles. The highest BCUT2D eigenvalue weighted by Gasteiger charge is 2.47. The molecule has 1 aromatic carbocycles. The van der Waals surface area contributed by atoms with Gasteiger partial charge in [-0.3, -0.25) is 4.79 Å². The molecule has 31 heavy (non-hydrogen) atoms. The molecule has 0 aliphatic carbocycles. The second-order valence-corrected chi connectivity index (χ2v) is 11.9. The van der Waals surface area contributed by atoms with Gasteiger partial charge in [0.2, 0.25) is 10.0 Å². The van der Waals surface area contributed by atoms with Crippen molar-refractivity contribution in [2.24, 2.45) is 5.73 Å². The molecule has 3 rings (SSSR count). The molecule has 170 valence electrons. The Kier molecular flexibility index (Phi) is 7.35. The molecule has 1 aliphatic heterocycles. The van der Waals surface area contributed by atoms with Crippen LogP contribution in [-0.2, 0) is 24.8 Å². The highest BCUT2D eigenvalue weighted by atomic mass is 35.5. The predicted molar refractivity (Wildman–Crippen MR) is 114 cm³/mol. The first-order valence-electron chi connectivity index (χ1n) is 9.10. The second-order valence-electron chi connectivity index (χ2n) is 6.55. The van der Waals surface area contributed by atoms with Gasteiger partial charge in [0.15, 0.2) is 6.17 Å². The third-order valence-electron chi connectivity index (χ3n) is 4.54. The number of nitrogens with zero attached hydrogens (tertiary/aromatic N) is 2. The van der Waals surface area contributed by atoms with Crippen LogP contribution < -0.4 is 11.1 Å². The van der Waals surface area contributed by atoms with E-state index < -0.39 is 43.0 Å². The monoisotopic (exact) mass is 510 g/mol. The van der Waals surface area contributed by atoms with Crippen molar-refractivity contribution in [3.8, 4) is 0 Å². The maximum Gasteiger partial charge on any atom is 0.254 e. The number of hydrogen-bond acceptors (Lipinski definition) is 7. The molecule has 3 N–H and O–H groups in total. The summed E-state index contributed by atoms with van der Waals surface area (Å²) >= 11 is 6.69. The highest BCUT2D eigenvalue weighted by molar-refractivity contribution is 7.91. The molecule has 9 nitrogen and oxygen atoms in total. The van der Waals surface area contributed by atoms with Gasteiger partial charge < -0.3 is 11.1 Å². The van der Waals surface area contributed by atoms with E-state index in [0.29, 0.717) is 0 Å². The molecular weight excluding hydrogens is 491 g/mol. The lowest BCUT2D eigenvalue weighted by Crippen LogP contribution is -2.63. The molecule has 1 atom stereocenters. The molecule has 2 aromatic rings. The topological polar surface area (TPSA) is 130 Å². The minimum Gasteiger partial charge on any atom is -0.352 e. The van der Waals surface area contributed by atoms with E-state index in [-0.39, 0.29) is 41.7 Å². The van der Waals surface area contributed by atoms with E-state index in [2.05, 4.69) is 5.32 Å². The first kappa shape index (κ1) is 24.0. The largest absolute Gasteiger partial charge is 0.352 e. The Morgan fingerprint density at radius 1 is 1.19 bits per heavy atom. The van der Waals surface area contributed by atoms with Crippen LogP contribution in [0.1, 0.15) is 6.42 Å². The number of amides is 1. The fraction of sp³-hybridized carbons (Fsp3) is 0.353. The van der Waals surface area contributed by atoms with Crippen molar-refractivity contribution in [2.75, 3.05) is 26.2 Å². The average molecular weight is 511 g/mol. The van der Waals surface area contributed by atoms with Crippen LogP contribution in [0.2, 0.25) is 5.02 Å². The van der Waals surface area contributed by atoms with Crippen LogP contribution in [-0.4, -0.2) is 63.7 Å². The van der Waals surface area contributed by atoms with E-state index in [0.717, 1.165) is 38.1 Å². The minimum atomic E-state index is -4.40. The van der Waals surface area contributed by atoms with Crippen molar-refractivity contribution in [1.82, 2.24) is 13.9 Å². The third kappa shape index (κ3) is 4.77. The van der Waals surface area contributed by atoms with Gasteiger partial charge in [-0.25, -0.2) is 21.2 Å². The first-order valence-corrected chi connectivity index (χ1v) is 13.2. The van der Waals surface area contributed by atoms with E-state index in [1.165, 1.54) is 6.07 Å². The van der Waals surface area contributed by atoms with Crippen LogP contribution in [0.3, 0.4) is 0 Å². The molecule has 14 heteroatoms. The van der Waals surface area contributed by atoms with Crippen molar-refractivity contribution in [3.05, 3.63) is 46.6 Å². The van der Waals surface area contributed by atoms with E-state index in [1.54, 1.807) is 11.4 Å². The Morgan fingerprint density at radius 2 is 1.87 bits per heavy atom. The van der Waals surface area contributed by atoms with Crippen LogP contribution in [0, 0.1) is 5.82 Å². The van der Waals surface area contributed by atoms with Crippen molar-refractivity contribution in [3.63, 3.8) is 0 Å². The van der Waals surface area contributed by atoms with Gasteiger partial charge >= 0.3 is 0 Å².